The first-order valence-corrected chi connectivity index (χ1v) is 8.04. The number of benzene rings is 2. The molecule has 1 amide bonds. The van der Waals surface area contributed by atoms with Gasteiger partial charge in [-0.1, -0.05) is 54.0 Å². The van der Waals surface area contributed by atoms with Gasteiger partial charge < -0.3 is 10.1 Å². The lowest BCUT2D eigenvalue weighted by Gasteiger charge is -2.16. The Hall–Kier alpha value is -1.81. The van der Waals surface area contributed by atoms with Gasteiger partial charge in [-0.2, -0.15) is 0 Å². The van der Waals surface area contributed by atoms with E-state index in [-0.39, 0.29) is 12.5 Å². The maximum Gasteiger partial charge on any atom is 0.262 e. The molecular weight excluding hydrogens is 342 g/mol. The summed E-state index contributed by atoms with van der Waals surface area (Å²) in [5.74, 6) is 0.857. The minimum Gasteiger partial charge on any atom is -0.484 e. The SMILES string of the molecule is Cc1cccc(C(C)C)c1NC(=O)COc1cccc(Br)c1. The number of carbonyl (C=O) groups excluding carboxylic acids is 1. The van der Waals surface area contributed by atoms with Gasteiger partial charge in [0.15, 0.2) is 6.61 Å². The van der Waals surface area contributed by atoms with Crippen molar-refractivity contribution in [3.05, 3.63) is 58.1 Å². The largest absolute Gasteiger partial charge is 0.484 e. The van der Waals surface area contributed by atoms with Crippen LogP contribution in [-0.4, -0.2) is 12.5 Å². The molecule has 2 rings (SSSR count). The molecular formula is C18H20BrNO2. The summed E-state index contributed by atoms with van der Waals surface area (Å²) >= 11 is 3.38. The molecule has 0 heterocycles. The summed E-state index contributed by atoms with van der Waals surface area (Å²) in [5.41, 5.74) is 3.08. The highest BCUT2D eigenvalue weighted by molar-refractivity contribution is 9.10. The lowest BCUT2D eigenvalue weighted by atomic mass is 9.98. The number of carbonyl (C=O) groups is 1. The van der Waals surface area contributed by atoms with E-state index in [2.05, 4.69) is 35.1 Å². The van der Waals surface area contributed by atoms with Crippen LogP contribution in [0.3, 0.4) is 0 Å². The fourth-order valence-electron chi connectivity index (χ4n) is 2.22. The van der Waals surface area contributed by atoms with E-state index in [9.17, 15) is 4.79 Å². The van der Waals surface area contributed by atoms with E-state index < -0.39 is 0 Å². The normalized spacial score (nSPS) is 10.6. The van der Waals surface area contributed by atoms with Crippen molar-refractivity contribution in [3.63, 3.8) is 0 Å². The fourth-order valence-corrected chi connectivity index (χ4v) is 2.60. The highest BCUT2D eigenvalue weighted by atomic mass is 79.9. The molecule has 0 fully saturated rings. The fraction of sp³-hybridized carbons (Fsp3) is 0.278. The van der Waals surface area contributed by atoms with Crippen molar-refractivity contribution in [2.24, 2.45) is 0 Å². The number of anilines is 1. The molecule has 0 radical (unpaired) electrons. The number of amides is 1. The molecule has 22 heavy (non-hydrogen) atoms. The van der Waals surface area contributed by atoms with Gasteiger partial charge in [-0.25, -0.2) is 0 Å². The van der Waals surface area contributed by atoms with Crippen LogP contribution in [-0.2, 0) is 4.79 Å². The molecule has 0 saturated heterocycles. The van der Waals surface area contributed by atoms with Gasteiger partial charge in [-0.3, -0.25) is 4.79 Å². The highest BCUT2D eigenvalue weighted by Gasteiger charge is 2.12. The van der Waals surface area contributed by atoms with Crippen LogP contribution in [0.15, 0.2) is 46.9 Å². The van der Waals surface area contributed by atoms with Crippen LogP contribution in [0, 0.1) is 6.92 Å². The number of halogens is 1. The molecule has 0 aliphatic rings. The molecule has 0 aliphatic carbocycles. The lowest BCUT2D eigenvalue weighted by molar-refractivity contribution is -0.118. The van der Waals surface area contributed by atoms with Crippen LogP contribution >= 0.6 is 15.9 Å². The van der Waals surface area contributed by atoms with Crippen molar-refractivity contribution in [1.29, 1.82) is 0 Å². The molecule has 0 bridgehead atoms. The molecule has 0 atom stereocenters. The second-order valence-electron chi connectivity index (χ2n) is 5.49. The lowest BCUT2D eigenvalue weighted by Crippen LogP contribution is -2.21. The van der Waals surface area contributed by atoms with Crippen molar-refractivity contribution in [2.75, 3.05) is 11.9 Å². The Labute approximate surface area is 139 Å². The highest BCUT2D eigenvalue weighted by Crippen LogP contribution is 2.27. The number of aryl methyl sites for hydroxylation is 1. The molecule has 0 aromatic heterocycles. The maximum atomic E-state index is 12.1. The third-order valence-electron chi connectivity index (χ3n) is 3.36. The molecule has 0 unspecified atom stereocenters. The number of nitrogens with one attached hydrogen (secondary N) is 1. The number of rotatable bonds is 5. The topological polar surface area (TPSA) is 38.3 Å². The molecule has 0 spiro atoms. The van der Waals surface area contributed by atoms with Crippen LogP contribution in [0.1, 0.15) is 30.9 Å². The van der Waals surface area contributed by atoms with Crippen molar-refractivity contribution < 1.29 is 9.53 Å². The van der Waals surface area contributed by atoms with Crippen LogP contribution < -0.4 is 10.1 Å². The Morgan fingerprint density at radius 2 is 1.95 bits per heavy atom. The predicted molar refractivity (Wildman–Crippen MR) is 93.5 cm³/mol. The second-order valence-corrected chi connectivity index (χ2v) is 6.40. The zero-order chi connectivity index (χ0) is 16.1. The van der Waals surface area contributed by atoms with Gasteiger partial charge in [0.25, 0.3) is 5.91 Å². The second kappa shape index (κ2) is 7.45. The van der Waals surface area contributed by atoms with E-state index in [1.54, 1.807) is 0 Å². The zero-order valence-corrected chi connectivity index (χ0v) is 14.6. The van der Waals surface area contributed by atoms with Gasteiger partial charge in [-0.05, 0) is 42.2 Å². The Balaban J connectivity index is 2.03. The molecule has 4 heteroatoms. The quantitative estimate of drug-likeness (QED) is 0.822. The molecule has 2 aromatic rings. The molecule has 2 aromatic carbocycles. The Kier molecular flexibility index (Phi) is 5.61. The van der Waals surface area contributed by atoms with E-state index in [0.29, 0.717) is 11.7 Å². The first-order chi connectivity index (χ1) is 10.5. The van der Waals surface area contributed by atoms with Gasteiger partial charge in [0, 0.05) is 10.2 Å². The maximum absolute atomic E-state index is 12.1. The van der Waals surface area contributed by atoms with Gasteiger partial charge in [0.1, 0.15) is 5.75 Å². The van der Waals surface area contributed by atoms with Crippen molar-refractivity contribution in [2.45, 2.75) is 26.7 Å². The standard InChI is InChI=1S/C18H20BrNO2/c1-12(2)16-9-4-6-13(3)18(16)20-17(21)11-22-15-8-5-7-14(19)10-15/h4-10,12H,11H2,1-3H3,(H,20,21). The van der Waals surface area contributed by atoms with Gasteiger partial charge in [-0.15, -0.1) is 0 Å². The smallest absolute Gasteiger partial charge is 0.262 e. The number of ether oxygens (including phenoxy) is 1. The summed E-state index contributed by atoms with van der Waals surface area (Å²) in [5, 5.41) is 2.97. The summed E-state index contributed by atoms with van der Waals surface area (Å²) in [7, 11) is 0. The number of hydrogen-bond acceptors (Lipinski definition) is 2. The Morgan fingerprint density at radius 1 is 1.23 bits per heavy atom. The van der Waals surface area contributed by atoms with E-state index in [1.165, 1.54) is 0 Å². The van der Waals surface area contributed by atoms with Crippen LogP contribution in [0.25, 0.3) is 0 Å². The van der Waals surface area contributed by atoms with E-state index in [1.807, 2.05) is 49.4 Å². The summed E-state index contributed by atoms with van der Waals surface area (Å²) in [6.07, 6.45) is 0. The van der Waals surface area contributed by atoms with Crippen LogP contribution in [0.4, 0.5) is 5.69 Å². The average molecular weight is 362 g/mol. The molecule has 116 valence electrons. The third kappa shape index (κ3) is 4.34. The van der Waals surface area contributed by atoms with Crippen molar-refractivity contribution >= 4 is 27.5 Å². The summed E-state index contributed by atoms with van der Waals surface area (Å²) < 4.78 is 6.44. The molecule has 0 saturated carbocycles. The zero-order valence-electron chi connectivity index (χ0n) is 13.0. The summed E-state index contributed by atoms with van der Waals surface area (Å²) in [4.78, 5) is 12.1. The van der Waals surface area contributed by atoms with E-state index >= 15 is 0 Å². The Bertz CT molecular complexity index is 668. The number of para-hydroxylation sites is 1. The van der Waals surface area contributed by atoms with Crippen molar-refractivity contribution in [1.82, 2.24) is 0 Å². The first kappa shape index (κ1) is 16.6. The predicted octanol–water partition coefficient (Wildman–Crippen LogP) is 4.90. The van der Waals surface area contributed by atoms with Gasteiger partial charge >= 0.3 is 0 Å². The monoisotopic (exact) mass is 361 g/mol. The van der Waals surface area contributed by atoms with Gasteiger partial charge in [0.05, 0.1) is 0 Å². The van der Waals surface area contributed by atoms with Gasteiger partial charge in [0.2, 0.25) is 0 Å². The third-order valence-corrected chi connectivity index (χ3v) is 3.85. The average Bonchev–Trinajstić information content (AvgIpc) is 2.47. The minimum absolute atomic E-state index is 0.0116. The molecule has 1 N–H and O–H groups in total. The summed E-state index contributed by atoms with van der Waals surface area (Å²) in [6.45, 7) is 6.21. The molecule has 0 aliphatic heterocycles. The van der Waals surface area contributed by atoms with Crippen LogP contribution in [0.5, 0.6) is 5.75 Å². The van der Waals surface area contributed by atoms with E-state index in [0.717, 1.165) is 21.3 Å². The number of hydrogen-bond donors (Lipinski definition) is 1. The Morgan fingerprint density at radius 3 is 2.64 bits per heavy atom. The van der Waals surface area contributed by atoms with E-state index in [4.69, 9.17) is 4.74 Å². The van der Waals surface area contributed by atoms with Crippen LogP contribution in [0.2, 0.25) is 0 Å². The van der Waals surface area contributed by atoms with Crippen molar-refractivity contribution in [3.8, 4) is 5.75 Å². The summed E-state index contributed by atoms with van der Waals surface area (Å²) in [6, 6.07) is 13.5. The first-order valence-electron chi connectivity index (χ1n) is 7.25. The minimum atomic E-state index is -0.156. The molecule has 3 nitrogen and oxygen atoms in total.